The third-order valence-corrected chi connectivity index (χ3v) is 5.60. The summed E-state index contributed by atoms with van der Waals surface area (Å²) in [7, 11) is 0. The van der Waals surface area contributed by atoms with Crippen molar-refractivity contribution >= 4 is 11.7 Å². The van der Waals surface area contributed by atoms with Gasteiger partial charge in [0.25, 0.3) is 5.78 Å². The number of hydrogen-bond donors (Lipinski definition) is 1. The van der Waals surface area contributed by atoms with Crippen LogP contribution in [0.3, 0.4) is 0 Å². The number of aromatic nitrogens is 4. The maximum absolute atomic E-state index is 12.5. The number of nitrogens with zero attached hydrogens (tertiary/aromatic N) is 5. The minimum Gasteiger partial charge on any atom is -0.378 e. The van der Waals surface area contributed by atoms with E-state index in [9.17, 15) is 4.79 Å². The molecule has 140 valence electrons. The zero-order valence-corrected chi connectivity index (χ0v) is 15.4. The van der Waals surface area contributed by atoms with Crippen LogP contribution in [0.4, 0.5) is 0 Å². The second-order valence-electron chi connectivity index (χ2n) is 7.25. The molecule has 0 spiro atoms. The molecule has 0 aliphatic carbocycles. The van der Waals surface area contributed by atoms with Crippen LogP contribution in [0.2, 0.25) is 0 Å². The van der Waals surface area contributed by atoms with Crippen molar-refractivity contribution in [3.05, 3.63) is 23.3 Å². The number of aryl methyl sites for hydroxylation is 2. The third kappa shape index (κ3) is 3.31. The molecule has 4 rings (SSSR count). The average Bonchev–Trinajstić information content (AvgIpc) is 3.35. The fraction of sp³-hybridized carbons (Fsp3) is 0.667. The Hall–Kier alpha value is -2.06. The molecule has 8 heteroatoms. The van der Waals surface area contributed by atoms with Gasteiger partial charge in [0.15, 0.2) is 0 Å². The predicted octanol–water partition coefficient (Wildman–Crippen LogP) is 0.653. The van der Waals surface area contributed by atoms with Crippen LogP contribution >= 0.6 is 0 Å². The number of ether oxygens (including phenoxy) is 1. The summed E-state index contributed by atoms with van der Waals surface area (Å²) >= 11 is 0. The van der Waals surface area contributed by atoms with Gasteiger partial charge in [-0.3, -0.25) is 9.69 Å². The Labute approximate surface area is 152 Å². The lowest BCUT2D eigenvalue weighted by Crippen LogP contribution is -2.50. The van der Waals surface area contributed by atoms with Crippen molar-refractivity contribution in [2.45, 2.75) is 51.6 Å². The highest BCUT2D eigenvalue weighted by molar-refractivity contribution is 5.76. The summed E-state index contributed by atoms with van der Waals surface area (Å²) in [5.74, 6) is 0.673. The molecule has 0 unspecified atom stereocenters. The number of amides is 1. The van der Waals surface area contributed by atoms with Gasteiger partial charge >= 0.3 is 0 Å². The van der Waals surface area contributed by atoms with Gasteiger partial charge in [0.05, 0.1) is 25.3 Å². The van der Waals surface area contributed by atoms with Crippen LogP contribution in [0.15, 0.2) is 6.33 Å². The Morgan fingerprint density at radius 3 is 2.92 bits per heavy atom. The zero-order valence-electron chi connectivity index (χ0n) is 15.4. The van der Waals surface area contributed by atoms with Gasteiger partial charge in [-0.25, -0.2) is 9.50 Å². The van der Waals surface area contributed by atoms with E-state index in [2.05, 4.69) is 25.3 Å². The van der Waals surface area contributed by atoms with Crippen molar-refractivity contribution in [1.29, 1.82) is 0 Å². The molecule has 2 aliphatic heterocycles. The van der Waals surface area contributed by atoms with E-state index >= 15 is 0 Å². The zero-order chi connectivity index (χ0) is 18.1. The lowest BCUT2D eigenvalue weighted by molar-refractivity contribution is -0.122. The van der Waals surface area contributed by atoms with E-state index in [0.29, 0.717) is 31.3 Å². The summed E-state index contributed by atoms with van der Waals surface area (Å²) in [5, 5.41) is 7.39. The minimum atomic E-state index is 0.0715. The van der Waals surface area contributed by atoms with Crippen molar-refractivity contribution in [2.24, 2.45) is 0 Å². The van der Waals surface area contributed by atoms with Crippen LogP contribution in [0, 0.1) is 13.8 Å². The van der Waals surface area contributed by atoms with Crippen molar-refractivity contribution < 1.29 is 9.53 Å². The molecule has 2 aromatic heterocycles. The van der Waals surface area contributed by atoms with Gasteiger partial charge in [-0.1, -0.05) is 0 Å². The van der Waals surface area contributed by atoms with Gasteiger partial charge in [-0.05, 0) is 51.8 Å². The molecule has 2 fully saturated rings. The highest BCUT2D eigenvalue weighted by atomic mass is 16.5. The van der Waals surface area contributed by atoms with E-state index in [1.165, 1.54) is 19.2 Å². The largest absolute Gasteiger partial charge is 0.378 e. The van der Waals surface area contributed by atoms with Gasteiger partial charge < -0.3 is 10.1 Å². The van der Waals surface area contributed by atoms with Crippen LogP contribution in [0.25, 0.3) is 5.78 Å². The van der Waals surface area contributed by atoms with Crippen LogP contribution in [0.1, 0.15) is 36.2 Å². The molecule has 1 N–H and O–H groups in total. The Kier molecular flexibility index (Phi) is 4.86. The monoisotopic (exact) mass is 358 g/mol. The van der Waals surface area contributed by atoms with Crippen LogP contribution in [0.5, 0.6) is 0 Å². The molecule has 2 aliphatic rings. The number of carbonyl (C=O) groups is 1. The van der Waals surface area contributed by atoms with Crippen LogP contribution < -0.4 is 5.32 Å². The second-order valence-corrected chi connectivity index (χ2v) is 7.25. The van der Waals surface area contributed by atoms with Crippen molar-refractivity contribution in [2.75, 3.05) is 26.3 Å². The molecule has 8 nitrogen and oxygen atoms in total. The molecule has 1 amide bonds. The lowest BCUT2D eigenvalue weighted by Gasteiger charge is -2.28. The maximum Gasteiger partial charge on any atom is 0.252 e. The van der Waals surface area contributed by atoms with E-state index in [0.717, 1.165) is 36.6 Å². The Morgan fingerprint density at radius 2 is 2.12 bits per heavy atom. The molecule has 2 saturated heterocycles. The van der Waals surface area contributed by atoms with Crippen molar-refractivity contribution in [3.8, 4) is 0 Å². The molecule has 2 aromatic rings. The topological polar surface area (TPSA) is 84.6 Å². The number of rotatable bonds is 5. The second kappa shape index (κ2) is 7.28. The Balaban J connectivity index is 1.38. The summed E-state index contributed by atoms with van der Waals surface area (Å²) in [5.41, 5.74) is 2.98. The predicted molar refractivity (Wildman–Crippen MR) is 95.9 cm³/mol. The van der Waals surface area contributed by atoms with E-state index in [1.54, 1.807) is 4.52 Å². The summed E-state index contributed by atoms with van der Waals surface area (Å²) in [4.78, 5) is 23.6. The van der Waals surface area contributed by atoms with Crippen molar-refractivity contribution in [1.82, 2.24) is 29.8 Å². The van der Waals surface area contributed by atoms with E-state index in [-0.39, 0.29) is 11.9 Å². The van der Waals surface area contributed by atoms with E-state index in [4.69, 9.17) is 4.74 Å². The van der Waals surface area contributed by atoms with Crippen LogP contribution in [-0.4, -0.2) is 68.8 Å². The Bertz CT molecular complexity index is 798. The number of nitrogens with one attached hydrogen (secondary N) is 1. The van der Waals surface area contributed by atoms with Crippen LogP contribution in [-0.2, 0) is 16.0 Å². The molecule has 0 aromatic carbocycles. The van der Waals surface area contributed by atoms with Gasteiger partial charge in [0.1, 0.15) is 6.33 Å². The van der Waals surface area contributed by atoms with Gasteiger partial charge in [0, 0.05) is 17.8 Å². The van der Waals surface area contributed by atoms with Gasteiger partial charge in [-0.15, -0.1) is 0 Å². The quantitative estimate of drug-likeness (QED) is 0.845. The van der Waals surface area contributed by atoms with E-state index < -0.39 is 0 Å². The SMILES string of the molecule is Cc1nc2ncnn2c(C)c1CCC(=O)N[C@H]1COC[C@@H]1N1CCCC1. The first-order valence-corrected chi connectivity index (χ1v) is 9.40. The summed E-state index contributed by atoms with van der Waals surface area (Å²) in [6.07, 6.45) is 5.08. The van der Waals surface area contributed by atoms with Crippen molar-refractivity contribution in [3.63, 3.8) is 0 Å². The third-order valence-electron chi connectivity index (χ3n) is 5.60. The number of carbonyl (C=O) groups excluding carboxylic acids is 1. The fourth-order valence-electron chi connectivity index (χ4n) is 4.15. The number of fused-ring (bicyclic) bond motifs is 1. The number of hydrogen-bond acceptors (Lipinski definition) is 6. The van der Waals surface area contributed by atoms with Gasteiger partial charge in [-0.2, -0.15) is 10.1 Å². The minimum absolute atomic E-state index is 0.0715. The molecule has 0 saturated carbocycles. The maximum atomic E-state index is 12.5. The lowest BCUT2D eigenvalue weighted by atomic mass is 10.1. The molecular weight excluding hydrogens is 332 g/mol. The van der Waals surface area contributed by atoms with E-state index in [1.807, 2.05) is 13.8 Å². The summed E-state index contributed by atoms with van der Waals surface area (Å²) in [6, 6.07) is 0.414. The van der Waals surface area contributed by atoms with Gasteiger partial charge in [0.2, 0.25) is 5.91 Å². The molecule has 2 atom stereocenters. The molecular formula is C18H26N6O2. The first-order chi connectivity index (χ1) is 12.6. The smallest absolute Gasteiger partial charge is 0.252 e. The highest BCUT2D eigenvalue weighted by Gasteiger charge is 2.35. The molecule has 4 heterocycles. The summed E-state index contributed by atoms with van der Waals surface area (Å²) < 4.78 is 7.37. The average molecular weight is 358 g/mol. The fourth-order valence-corrected chi connectivity index (χ4v) is 4.15. The first-order valence-electron chi connectivity index (χ1n) is 9.40. The molecule has 26 heavy (non-hydrogen) atoms. The highest BCUT2D eigenvalue weighted by Crippen LogP contribution is 2.20. The molecule has 0 radical (unpaired) electrons. The molecule has 0 bridgehead atoms. The standard InChI is InChI=1S/C18H26N6O2/c1-12-14(13(2)24-18(21-12)19-11-20-24)5-6-17(25)22-15-9-26-10-16(15)23-7-3-4-8-23/h11,15-16H,3-10H2,1-2H3,(H,22,25)/t15-,16-/m0/s1. The number of likely N-dealkylation sites (tertiary alicyclic amines) is 1. The normalized spacial score (nSPS) is 23.8. The first kappa shape index (κ1) is 17.4. The summed E-state index contributed by atoms with van der Waals surface area (Å²) in [6.45, 7) is 7.51. The Morgan fingerprint density at radius 1 is 1.31 bits per heavy atom.